The Morgan fingerprint density at radius 1 is 1.21 bits per heavy atom. The highest BCUT2D eigenvalue weighted by Gasteiger charge is 2.56. The molecule has 0 aromatic heterocycles. The Morgan fingerprint density at radius 2 is 1.79 bits per heavy atom. The molecule has 19 heavy (non-hydrogen) atoms. The minimum absolute atomic E-state index is 0.00356. The molecular weight excluding hydrogens is 252 g/mol. The van der Waals surface area contributed by atoms with Gasteiger partial charge in [0.25, 0.3) is 0 Å². The summed E-state index contributed by atoms with van der Waals surface area (Å²) >= 11 is 0. The Kier molecular flexibility index (Phi) is 3.52. The van der Waals surface area contributed by atoms with Gasteiger partial charge < -0.3 is 14.2 Å². The van der Waals surface area contributed by atoms with Crippen LogP contribution in [0, 0.1) is 11.3 Å². The summed E-state index contributed by atoms with van der Waals surface area (Å²) in [6.07, 6.45) is -0.296. The van der Waals surface area contributed by atoms with Crippen LogP contribution in [0.5, 0.6) is 0 Å². The van der Waals surface area contributed by atoms with E-state index in [2.05, 4.69) is 0 Å². The van der Waals surface area contributed by atoms with Gasteiger partial charge in [-0.25, -0.2) is 0 Å². The maximum Gasteiger partial charge on any atom is 0.312 e. The van der Waals surface area contributed by atoms with Crippen molar-refractivity contribution in [1.82, 2.24) is 0 Å². The molecule has 0 bridgehead atoms. The second-order valence-electron chi connectivity index (χ2n) is 5.45. The Morgan fingerprint density at radius 3 is 2.37 bits per heavy atom. The van der Waals surface area contributed by atoms with Crippen molar-refractivity contribution < 1.29 is 28.6 Å². The number of cyclic esters (lactones) is 1. The maximum absolute atomic E-state index is 11.8. The average molecular weight is 270 g/mol. The number of hydrogen-bond donors (Lipinski definition) is 0. The second-order valence-corrected chi connectivity index (χ2v) is 5.45. The number of carbonyl (C=O) groups is 3. The van der Waals surface area contributed by atoms with Crippen molar-refractivity contribution in [3.63, 3.8) is 0 Å². The molecule has 1 aliphatic carbocycles. The minimum atomic E-state index is -0.656. The zero-order valence-corrected chi connectivity index (χ0v) is 11.3. The Bertz CT molecular complexity index is 417. The van der Waals surface area contributed by atoms with Crippen LogP contribution in [0.3, 0.4) is 0 Å². The van der Waals surface area contributed by atoms with Crippen LogP contribution >= 0.6 is 0 Å². The molecule has 6 heteroatoms. The monoisotopic (exact) mass is 270 g/mol. The molecule has 1 heterocycles. The van der Waals surface area contributed by atoms with Gasteiger partial charge in [-0.05, 0) is 13.3 Å². The van der Waals surface area contributed by atoms with Crippen LogP contribution in [0.15, 0.2) is 0 Å². The molecule has 0 unspecified atom stereocenters. The summed E-state index contributed by atoms with van der Waals surface area (Å²) in [5, 5.41) is 0. The predicted molar refractivity (Wildman–Crippen MR) is 62.9 cm³/mol. The van der Waals surface area contributed by atoms with Gasteiger partial charge in [0, 0.05) is 26.2 Å². The largest absolute Gasteiger partial charge is 0.465 e. The fourth-order valence-corrected chi connectivity index (χ4v) is 2.92. The number of rotatable bonds is 2. The first-order valence-corrected chi connectivity index (χ1v) is 6.34. The van der Waals surface area contributed by atoms with Crippen LogP contribution in [0.1, 0.15) is 33.6 Å². The molecule has 0 aromatic carbocycles. The van der Waals surface area contributed by atoms with Gasteiger partial charge in [-0.3, -0.25) is 14.4 Å². The fourth-order valence-electron chi connectivity index (χ4n) is 2.92. The average Bonchev–Trinajstić information content (AvgIpc) is 2.55. The topological polar surface area (TPSA) is 78.9 Å². The summed E-state index contributed by atoms with van der Waals surface area (Å²) in [4.78, 5) is 34.1. The van der Waals surface area contributed by atoms with Gasteiger partial charge in [-0.2, -0.15) is 0 Å². The third-order valence-corrected chi connectivity index (χ3v) is 3.97. The zero-order chi connectivity index (χ0) is 14.2. The third kappa shape index (κ3) is 2.57. The minimum Gasteiger partial charge on any atom is -0.465 e. The summed E-state index contributed by atoms with van der Waals surface area (Å²) in [5.41, 5.74) is -0.656. The molecule has 0 amide bonds. The summed E-state index contributed by atoms with van der Waals surface area (Å²) in [5.74, 6) is -1.14. The van der Waals surface area contributed by atoms with Gasteiger partial charge in [0.15, 0.2) is 0 Å². The van der Waals surface area contributed by atoms with Gasteiger partial charge in [0.05, 0.1) is 12.0 Å². The molecule has 0 aromatic rings. The Balaban J connectivity index is 2.18. The molecule has 4 atom stereocenters. The zero-order valence-electron chi connectivity index (χ0n) is 11.3. The third-order valence-electron chi connectivity index (χ3n) is 3.97. The molecule has 0 radical (unpaired) electrons. The predicted octanol–water partition coefficient (Wildman–Crippen LogP) is 0.823. The first-order chi connectivity index (χ1) is 8.83. The highest BCUT2D eigenvalue weighted by atomic mass is 16.6. The van der Waals surface area contributed by atoms with Gasteiger partial charge >= 0.3 is 17.9 Å². The highest BCUT2D eigenvalue weighted by molar-refractivity contribution is 5.79. The fraction of sp³-hybridized carbons (Fsp3) is 0.769. The summed E-state index contributed by atoms with van der Waals surface area (Å²) in [6.45, 7) is 4.76. The molecule has 1 saturated heterocycles. The number of hydrogen-bond acceptors (Lipinski definition) is 6. The van der Waals surface area contributed by atoms with Crippen molar-refractivity contribution in [2.75, 3.05) is 6.61 Å². The quantitative estimate of drug-likeness (QED) is 0.546. The van der Waals surface area contributed by atoms with Crippen LogP contribution < -0.4 is 0 Å². The SMILES string of the molecule is CC(=O)O[C@@H]1C[C@H]2COC(=O)[C@@]2(C)C[C@H]1OC(C)=O. The van der Waals surface area contributed by atoms with E-state index in [0.29, 0.717) is 19.4 Å². The molecule has 1 aliphatic heterocycles. The lowest BCUT2D eigenvalue weighted by Crippen LogP contribution is -2.49. The molecule has 2 aliphatic rings. The molecule has 0 spiro atoms. The summed E-state index contributed by atoms with van der Waals surface area (Å²) < 4.78 is 15.5. The smallest absolute Gasteiger partial charge is 0.312 e. The summed E-state index contributed by atoms with van der Waals surface area (Å²) in [7, 11) is 0. The van der Waals surface area contributed by atoms with E-state index in [9.17, 15) is 14.4 Å². The molecule has 2 rings (SSSR count). The van der Waals surface area contributed by atoms with E-state index >= 15 is 0 Å². The van der Waals surface area contributed by atoms with E-state index in [1.807, 2.05) is 6.92 Å². The molecule has 0 N–H and O–H groups in total. The summed E-state index contributed by atoms with van der Waals surface area (Å²) in [6, 6.07) is 0. The van der Waals surface area contributed by atoms with Crippen molar-refractivity contribution in [2.24, 2.45) is 11.3 Å². The van der Waals surface area contributed by atoms with Crippen molar-refractivity contribution in [2.45, 2.75) is 45.8 Å². The molecule has 2 fully saturated rings. The number of fused-ring (bicyclic) bond motifs is 1. The molecule has 1 saturated carbocycles. The van der Waals surface area contributed by atoms with E-state index in [1.54, 1.807) is 0 Å². The van der Waals surface area contributed by atoms with Crippen molar-refractivity contribution in [3.05, 3.63) is 0 Å². The first kappa shape index (κ1) is 13.8. The molecular formula is C13H18O6. The number of carbonyl (C=O) groups excluding carboxylic acids is 3. The van der Waals surface area contributed by atoms with Crippen LogP contribution in [0.2, 0.25) is 0 Å². The maximum atomic E-state index is 11.8. The van der Waals surface area contributed by atoms with E-state index in [-0.39, 0.29) is 11.9 Å². The van der Waals surface area contributed by atoms with Crippen LogP contribution in [-0.4, -0.2) is 36.7 Å². The van der Waals surface area contributed by atoms with Crippen LogP contribution in [0.4, 0.5) is 0 Å². The van der Waals surface area contributed by atoms with Crippen molar-refractivity contribution in [1.29, 1.82) is 0 Å². The number of esters is 3. The lowest BCUT2D eigenvalue weighted by molar-refractivity contribution is -0.178. The van der Waals surface area contributed by atoms with E-state index in [1.165, 1.54) is 13.8 Å². The Labute approximate surface area is 111 Å². The lowest BCUT2D eigenvalue weighted by atomic mass is 9.67. The van der Waals surface area contributed by atoms with Crippen molar-refractivity contribution >= 4 is 17.9 Å². The van der Waals surface area contributed by atoms with E-state index in [4.69, 9.17) is 14.2 Å². The normalized spacial score (nSPS) is 37.2. The number of ether oxygens (including phenoxy) is 3. The van der Waals surface area contributed by atoms with Crippen LogP contribution in [0.25, 0.3) is 0 Å². The first-order valence-electron chi connectivity index (χ1n) is 6.34. The van der Waals surface area contributed by atoms with E-state index < -0.39 is 29.6 Å². The van der Waals surface area contributed by atoms with Gasteiger partial charge in [0.1, 0.15) is 12.2 Å². The molecule has 6 nitrogen and oxygen atoms in total. The highest BCUT2D eigenvalue weighted by Crippen LogP contribution is 2.47. The second kappa shape index (κ2) is 4.83. The molecule has 106 valence electrons. The van der Waals surface area contributed by atoms with Crippen LogP contribution in [-0.2, 0) is 28.6 Å². The van der Waals surface area contributed by atoms with Crippen molar-refractivity contribution in [3.8, 4) is 0 Å². The lowest BCUT2D eigenvalue weighted by Gasteiger charge is -2.40. The van der Waals surface area contributed by atoms with E-state index in [0.717, 1.165) is 0 Å². The Hall–Kier alpha value is -1.59. The van der Waals surface area contributed by atoms with Gasteiger partial charge in [-0.1, -0.05) is 0 Å². The van der Waals surface area contributed by atoms with Gasteiger partial charge in [0.2, 0.25) is 0 Å². The standard InChI is InChI=1S/C13H18O6/c1-7(14)18-10-4-9-6-17-12(16)13(9,3)5-11(10)19-8(2)15/h9-11H,4-6H2,1-3H3/t9-,10+,11+,13-/m0/s1. The van der Waals surface area contributed by atoms with Gasteiger partial charge in [-0.15, -0.1) is 0 Å².